The minimum atomic E-state index is 0.479. The van der Waals surface area contributed by atoms with Gasteiger partial charge in [0.2, 0.25) is 0 Å². The minimum absolute atomic E-state index is 0.479. The fourth-order valence-corrected chi connectivity index (χ4v) is 1.52. The largest absolute Gasteiger partial charge is 0.493 e. The highest BCUT2D eigenvalue weighted by Gasteiger charge is 2.07. The first kappa shape index (κ1) is 14.8. The summed E-state index contributed by atoms with van der Waals surface area (Å²) in [7, 11) is 1.67. The molecule has 0 amide bonds. The first-order valence-electron chi connectivity index (χ1n) is 6.56. The van der Waals surface area contributed by atoms with Gasteiger partial charge in [-0.3, -0.25) is 0 Å². The number of hydrogen-bond acceptors (Lipinski definition) is 3. The van der Waals surface area contributed by atoms with E-state index in [1.165, 1.54) is 5.56 Å². The molecule has 0 aromatic heterocycles. The normalized spacial score (nSPS) is 11.1. The van der Waals surface area contributed by atoms with Crippen LogP contribution in [0.1, 0.15) is 33.3 Å². The van der Waals surface area contributed by atoms with E-state index in [-0.39, 0.29) is 0 Å². The molecule has 0 radical (unpaired) electrons. The van der Waals surface area contributed by atoms with Gasteiger partial charge in [-0.25, -0.2) is 0 Å². The highest BCUT2D eigenvalue weighted by Crippen LogP contribution is 2.28. The average molecular weight is 251 g/mol. The van der Waals surface area contributed by atoms with E-state index in [1.54, 1.807) is 7.11 Å². The van der Waals surface area contributed by atoms with Crippen LogP contribution in [0.15, 0.2) is 18.2 Å². The quantitative estimate of drug-likeness (QED) is 0.807. The molecule has 1 aromatic rings. The number of methoxy groups -OCH3 is 1. The number of hydrogen-bond donors (Lipinski definition) is 1. The SMILES string of the molecule is COc1ccc(CNC(C)C)cc1OCC(C)C. The summed E-state index contributed by atoms with van der Waals surface area (Å²) >= 11 is 0. The zero-order chi connectivity index (χ0) is 13.5. The van der Waals surface area contributed by atoms with Gasteiger partial charge in [0.15, 0.2) is 11.5 Å². The van der Waals surface area contributed by atoms with E-state index < -0.39 is 0 Å². The fourth-order valence-electron chi connectivity index (χ4n) is 1.52. The Balaban J connectivity index is 2.74. The van der Waals surface area contributed by atoms with E-state index in [1.807, 2.05) is 6.07 Å². The molecule has 3 nitrogen and oxygen atoms in total. The van der Waals surface area contributed by atoms with Gasteiger partial charge in [0.05, 0.1) is 13.7 Å². The maximum atomic E-state index is 5.78. The molecular weight excluding hydrogens is 226 g/mol. The van der Waals surface area contributed by atoms with Crippen molar-refractivity contribution in [2.45, 2.75) is 40.3 Å². The molecule has 0 unspecified atom stereocenters. The summed E-state index contributed by atoms with van der Waals surface area (Å²) in [6.45, 7) is 10.1. The van der Waals surface area contributed by atoms with E-state index >= 15 is 0 Å². The van der Waals surface area contributed by atoms with Crippen LogP contribution < -0.4 is 14.8 Å². The van der Waals surface area contributed by atoms with E-state index in [2.05, 4.69) is 45.1 Å². The second-order valence-corrected chi connectivity index (χ2v) is 5.23. The lowest BCUT2D eigenvalue weighted by atomic mass is 10.2. The number of nitrogens with one attached hydrogen (secondary N) is 1. The topological polar surface area (TPSA) is 30.5 Å². The van der Waals surface area contributed by atoms with Gasteiger partial charge in [-0.15, -0.1) is 0 Å². The van der Waals surface area contributed by atoms with E-state index in [9.17, 15) is 0 Å². The summed E-state index contributed by atoms with van der Waals surface area (Å²) in [6.07, 6.45) is 0. The van der Waals surface area contributed by atoms with Crippen molar-refractivity contribution in [3.63, 3.8) is 0 Å². The molecule has 102 valence electrons. The average Bonchev–Trinajstić information content (AvgIpc) is 2.33. The first-order valence-corrected chi connectivity index (χ1v) is 6.56. The monoisotopic (exact) mass is 251 g/mol. The molecule has 1 rings (SSSR count). The summed E-state index contributed by atoms with van der Waals surface area (Å²) < 4.78 is 11.1. The molecule has 0 saturated carbocycles. The molecule has 3 heteroatoms. The fraction of sp³-hybridized carbons (Fsp3) is 0.600. The lowest BCUT2D eigenvalue weighted by molar-refractivity contribution is 0.256. The van der Waals surface area contributed by atoms with Crippen molar-refractivity contribution in [1.82, 2.24) is 5.32 Å². The van der Waals surface area contributed by atoms with Crippen LogP contribution in [0.4, 0.5) is 0 Å². The predicted octanol–water partition coefficient (Wildman–Crippen LogP) is 3.23. The second kappa shape index (κ2) is 7.27. The molecule has 1 aromatic carbocycles. The molecule has 0 aliphatic carbocycles. The summed E-state index contributed by atoms with van der Waals surface area (Å²) in [6, 6.07) is 6.56. The Bertz CT molecular complexity index is 362. The van der Waals surface area contributed by atoms with Crippen molar-refractivity contribution in [1.29, 1.82) is 0 Å². The molecule has 0 spiro atoms. The van der Waals surface area contributed by atoms with Gasteiger partial charge in [0.1, 0.15) is 0 Å². The van der Waals surface area contributed by atoms with Crippen molar-refractivity contribution >= 4 is 0 Å². The van der Waals surface area contributed by atoms with Crippen LogP contribution in [0.5, 0.6) is 11.5 Å². The summed E-state index contributed by atoms with van der Waals surface area (Å²) in [5.41, 5.74) is 1.21. The standard InChI is InChI=1S/C15H25NO2/c1-11(2)10-18-15-8-13(9-16-12(3)4)6-7-14(15)17-5/h6-8,11-12,16H,9-10H2,1-5H3. The molecule has 18 heavy (non-hydrogen) atoms. The van der Waals surface area contributed by atoms with Crippen molar-refractivity contribution < 1.29 is 9.47 Å². The summed E-state index contributed by atoms with van der Waals surface area (Å²) in [5, 5.41) is 3.39. The highest BCUT2D eigenvalue weighted by atomic mass is 16.5. The van der Waals surface area contributed by atoms with Crippen LogP contribution in [0.3, 0.4) is 0 Å². The Hall–Kier alpha value is -1.22. The lowest BCUT2D eigenvalue weighted by Crippen LogP contribution is -2.21. The predicted molar refractivity (Wildman–Crippen MR) is 75.3 cm³/mol. The molecule has 0 heterocycles. The van der Waals surface area contributed by atoms with Crippen LogP contribution in [0.2, 0.25) is 0 Å². The molecule has 0 bridgehead atoms. The molecule has 0 saturated heterocycles. The molecule has 0 atom stereocenters. The van der Waals surface area contributed by atoms with Crippen LogP contribution >= 0.6 is 0 Å². The van der Waals surface area contributed by atoms with E-state index in [0.29, 0.717) is 18.6 Å². The van der Waals surface area contributed by atoms with Gasteiger partial charge >= 0.3 is 0 Å². The van der Waals surface area contributed by atoms with Crippen molar-refractivity contribution in [3.8, 4) is 11.5 Å². The molecule has 0 aliphatic rings. The lowest BCUT2D eigenvalue weighted by Gasteiger charge is -2.14. The van der Waals surface area contributed by atoms with Crippen LogP contribution in [0.25, 0.3) is 0 Å². The Morgan fingerprint density at radius 3 is 2.39 bits per heavy atom. The zero-order valence-electron chi connectivity index (χ0n) is 12.1. The van der Waals surface area contributed by atoms with Crippen molar-refractivity contribution in [2.75, 3.05) is 13.7 Å². The maximum absolute atomic E-state index is 5.78. The number of rotatable bonds is 7. The third-order valence-corrected chi connectivity index (χ3v) is 2.51. The minimum Gasteiger partial charge on any atom is -0.493 e. The van der Waals surface area contributed by atoms with Gasteiger partial charge in [0, 0.05) is 12.6 Å². The van der Waals surface area contributed by atoms with Crippen molar-refractivity contribution in [2.24, 2.45) is 5.92 Å². The first-order chi connectivity index (χ1) is 8.52. The zero-order valence-corrected chi connectivity index (χ0v) is 12.1. The van der Waals surface area contributed by atoms with Gasteiger partial charge in [-0.1, -0.05) is 33.8 Å². The number of benzene rings is 1. The molecule has 0 aliphatic heterocycles. The van der Waals surface area contributed by atoms with Gasteiger partial charge in [-0.05, 0) is 23.6 Å². The maximum Gasteiger partial charge on any atom is 0.161 e. The summed E-state index contributed by atoms with van der Waals surface area (Å²) in [4.78, 5) is 0. The smallest absolute Gasteiger partial charge is 0.161 e. The van der Waals surface area contributed by atoms with Crippen LogP contribution in [-0.4, -0.2) is 19.8 Å². The Morgan fingerprint density at radius 1 is 1.11 bits per heavy atom. The Labute approximate surface area is 110 Å². The third kappa shape index (κ3) is 4.96. The van der Waals surface area contributed by atoms with Gasteiger partial charge < -0.3 is 14.8 Å². The van der Waals surface area contributed by atoms with E-state index in [0.717, 1.165) is 18.0 Å². The summed E-state index contributed by atoms with van der Waals surface area (Å²) in [5.74, 6) is 2.13. The van der Waals surface area contributed by atoms with Crippen LogP contribution in [-0.2, 0) is 6.54 Å². The highest BCUT2D eigenvalue weighted by molar-refractivity contribution is 5.42. The van der Waals surface area contributed by atoms with Crippen LogP contribution in [0, 0.1) is 5.92 Å². The Morgan fingerprint density at radius 2 is 1.83 bits per heavy atom. The Kier molecular flexibility index (Phi) is 5.99. The third-order valence-electron chi connectivity index (χ3n) is 2.51. The number of ether oxygens (including phenoxy) is 2. The van der Waals surface area contributed by atoms with Crippen molar-refractivity contribution in [3.05, 3.63) is 23.8 Å². The van der Waals surface area contributed by atoms with Gasteiger partial charge in [0.25, 0.3) is 0 Å². The second-order valence-electron chi connectivity index (χ2n) is 5.23. The molecule has 1 N–H and O–H groups in total. The molecule has 0 fully saturated rings. The molecular formula is C15H25NO2. The van der Waals surface area contributed by atoms with E-state index in [4.69, 9.17) is 9.47 Å². The van der Waals surface area contributed by atoms with Gasteiger partial charge in [-0.2, -0.15) is 0 Å².